The van der Waals surface area contributed by atoms with Gasteiger partial charge in [0.25, 0.3) is 0 Å². The SMILES string of the molecule is Cn1cncc1C(C)(O)c1cccc(F)c1. The minimum atomic E-state index is -1.24. The molecule has 0 aliphatic heterocycles. The van der Waals surface area contributed by atoms with Crippen molar-refractivity contribution in [1.29, 1.82) is 0 Å². The zero-order valence-electron chi connectivity index (χ0n) is 9.18. The summed E-state index contributed by atoms with van der Waals surface area (Å²) in [6.45, 7) is 1.62. The van der Waals surface area contributed by atoms with Gasteiger partial charge >= 0.3 is 0 Å². The van der Waals surface area contributed by atoms with Crippen molar-refractivity contribution in [3.05, 3.63) is 53.9 Å². The van der Waals surface area contributed by atoms with Crippen LogP contribution in [-0.4, -0.2) is 14.7 Å². The lowest BCUT2D eigenvalue weighted by Crippen LogP contribution is -2.25. The molecule has 2 aromatic rings. The second-order valence-electron chi connectivity index (χ2n) is 3.97. The third kappa shape index (κ3) is 1.72. The van der Waals surface area contributed by atoms with Crippen LogP contribution in [0, 0.1) is 5.82 Å². The maximum atomic E-state index is 13.1. The van der Waals surface area contributed by atoms with Crippen LogP contribution in [0.1, 0.15) is 18.2 Å². The van der Waals surface area contributed by atoms with Crippen LogP contribution in [0.2, 0.25) is 0 Å². The molecule has 16 heavy (non-hydrogen) atoms. The molecule has 0 spiro atoms. The highest BCUT2D eigenvalue weighted by atomic mass is 19.1. The molecule has 0 aliphatic rings. The highest BCUT2D eigenvalue weighted by molar-refractivity contribution is 5.30. The highest BCUT2D eigenvalue weighted by Gasteiger charge is 2.28. The molecule has 2 rings (SSSR count). The lowest BCUT2D eigenvalue weighted by Gasteiger charge is -2.24. The fourth-order valence-electron chi connectivity index (χ4n) is 1.77. The maximum absolute atomic E-state index is 13.1. The van der Waals surface area contributed by atoms with Crippen molar-refractivity contribution in [3.63, 3.8) is 0 Å². The zero-order chi connectivity index (χ0) is 11.8. The molecule has 84 valence electrons. The lowest BCUT2D eigenvalue weighted by molar-refractivity contribution is 0.0938. The fourth-order valence-corrected chi connectivity index (χ4v) is 1.77. The predicted octanol–water partition coefficient (Wildman–Crippen LogP) is 1.81. The summed E-state index contributed by atoms with van der Waals surface area (Å²) in [7, 11) is 1.79. The average Bonchev–Trinajstić information content (AvgIpc) is 2.65. The summed E-state index contributed by atoms with van der Waals surface area (Å²) in [4.78, 5) is 3.95. The average molecular weight is 220 g/mol. The number of hydrogen-bond acceptors (Lipinski definition) is 2. The molecule has 0 aliphatic carbocycles. The first-order chi connectivity index (χ1) is 7.51. The van der Waals surface area contributed by atoms with Crippen LogP contribution in [-0.2, 0) is 12.6 Å². The van der Waals surface area contributed by atoms with Gasteiger partial charge in [0, 0.05) is 7.05 Å². The maximum Gasteiger partial charge on any atom is 0.128 e. The molecule has 0 bridgehead atoms. The van der Waals surface area contributed by atoms with Crippen LogP contribution in [0.4, 0.5) is 4.39 Å². The topological polar surface area (TPSA) is 38.0 Å². The molecule has 0 amide bonds. The summed E-state index contributed by atoms with van der Waals surface area (Å²) in [5.74, 6) is -0.361. The summed E-state index contributed by atoms with van der Waals surface area (Å²) in [5.41, 5.74) is -0.109. The van der Waals surface area contributed by atoms with Gasteiger partial charge in [0.2, 0.25) is 0 Å². The normalized spacial score (nSPS) is 14.8. The monoisotopic (exact) mass is 220 g/mol. The van der Waals surface area contributed by atoms with E-state index in [2.05, 4.69) is 4.98 Å². The third-order valence-electron chi connectivity index (χ3n) is 2.70. The van der Waals surface area contributed by atoms with Gasteiger partial charge in [-0.3, -0.25) is 0 Å². The Labute approximate surface area is 93.2 Å². The minimum Gasteiger partial charge on any atom is -0.379 e. The lowest BCUT2D eigenvalue weighted by atomic mass is 9.93. The van der Waals surface area contributed by atoms with Gasteiger partial charge in [-0.1, -0.05) is 12.1 Å². The number of benzene rings is 1. The van der Waals surface area contributed by atoms with Crippen LogP contribution in [0.5, 0.6) is 0 Å². The number of aliphatic hydroxyl groups is 1. The Morgan fingerprint density at radius 2 is 2.19 bits per heavy atom. The molecule has 1 aromatic heterocycles. The predicted molar refractivity (Wildman–Crippen MR) is 58.3 cm³/mol. The number of aromatic nitrogens is 2. The van der Waals surface area contributed by atoms with E-state index in [-0.39, 0.29) is 5.82 Å². The van der Waals surface area contributed by atoms with Crippen molar-refractivity contribution >= 4 is 0 Å². The summed E-state index contributed by atoms with van der Waals surface area (Å²) in [6, 6.07) is 5.95. The van der Waals surface area contributed by atoms with Gasteiger partial charge in [0.05, 0.1) is 18.2 Å². The second kappa shape index (κ2) is 3.72. The van der Waals surface area contributed by atoms with Gasteiger partial charge in [-0.2, -0.15) is 0 Å². The van der Waals surface area contributed by atoms with Crippen molar-refractivity contribution in [2.45, 2.75) is 12.5 Å². The first-order valence-corrected chi connectivity index (χ1v) is 4.97. The Hall–Kier alpha value is -1.68. The molecular formula is C12H13FN2O. The van der Waals surface area contributed by atoms with Crippen LogP contribution >= 0.6 is 0 Å². The number of aryl methyl sites for hydroxylation is 1. The van der Waals surface area contributed by atoms with Gasteiger partial charge in [0.1, 0.15) is 11.4 Å². The molecule has 1 N–H and O–H groups in total. The molecule has 1 atom stereocenters. The van der Waals surface area contributed by atoms with E-state index in [4.69, 9.17) is 0 Å². The Morgan fingerprint density at radius 1 is 1.44 bits per heavy atom. The van der Waals surface area contributed by atoms with E-state index in [1.54, 1.807) is 43.2 Å². The van der Waals surface area contributed by atoms with Crippen LogP contribution in [0.3, 0.4) is 0 Å². The van der Waals surface area contributed by atoms with Crippen molar-refractivity contribution in [2.75, 3.05) is 0 Å². The zero-order valence-corrected chi connectivity index (χ0v) is 9.18. The molecule has 0 saturated carbocycles. The first kappa shape index (κ1) is 10.8. The largest absolute Gasteiger partial charge is 0.379 e. The fraction of sp³-hybridized carbons (Fsp3) is 0.250. The molecular weight excluding hydrogens is 207 g/mol. The summed E-state index contributed by atoms with van der Waals surface area (Å²) in [6.07, 6.45) is 3.17. The van der Waals surface area contributed by atoms with Crippen molar-refractivity contribution in [3.8, 4) is 0 Å². The Morgan fingerprint density at radius 3 is 2.75 bits per heavy atom. The van der Waals surface area contributed by atoms with E-state index < -0.39 is 5.60 Å². The molecule has 0 fully saturated rings. The van der Waals surface area contributed by atoms with E-state index in [1.165, 1.54) is 12.1 Å². The molecule has 1 unspecified atom stereocenters. The van der Waals surface area contributed by atoms with Crippen molar-refractivity contribution < 1.29 is 9.50 Å². The molecule has 4 heteroatoms. The summed E-state index contributed by atoms with van der Waals surface area (Å²) in [5, 5.41) is 10.4. The Balaban J connectivity index is 2.51. The van der Waals surface area contributed by atoms with Gasteiger partial charge in [-0.25, -0.2) is 9.37 Å². The first-order valence-electron chi connectivity index (χ1n) is 4.97. The minimum absolute atomic E-state index is 0.361. The molecule has 0 saturated heterocycles. The van der Waals surface area contributed by atoms with Gasteiger partial charge in [0.15, 0.2) is 0 Å². The highest BCUT2D eigenvalue weighted by Crippen LogP contribution is 2.28. The summed E-state index contributed by atoms with van der Waals surface area (Å²) >= 11 is 0. The number of imidazole rings is 1. The Bertz CT molecular complexity index is 505. The number of halogens is 1. The van der Waals surface area contributed by atoms with Gasteiger partial charge in [-0.15, -0.1) is 0 Å². The van der Waals surface area contributed by atoms with Crippen LogP contribution < -0.4 is 0 Å². The molecule has 3 nitrogen and oxygen atoms in total. The van der Waals surface area contributed by atoms with E-state index in [0.717, 1.165) is 0 Å². The van der Waals surface area contributed by atoms with E-state index in [1.807, 2.05) is 0 Å². The second-order valence-corrected chi connectivity index (χ2v) is 3.97. The molecule has 1 aromatic carbocycles. The van der Waals surface area contributed by atoms with Gasteiger partial charge < -0.3 is 9.67 Å². The standard InChI is InChI=1S/C12H13FN2O/c1-12(16,11-7-14-8-15(11)2)9-4-3-5-10(13)6-9/h3-8,16H,1-2H3. The van der Waals surface area contributed by atoms with E-state index in [9.17, 15) is 9.50 Å². The quantitative estimate of drug-likeness (QED) is 0.838. The third-order valence-corrected chi connectivity index (χ3v) is 2.70. The number of hydrogen-bond donors (Lipinski definition) is 1. The van der Waals surface area contributed by atoms with Crippen LogP contribution in [0.15, 0.2) is 36.8 Å². The van der Waals surface area contributed by atoms with Crippen molar-refractivity contribution in [2.24, 2.45) is 7.05 Å². The number of nitrogens with zero attached hydrogens (tertiary/aromatic N) is 2. The summed E-state index contributed by atoms with van der Waals surface area (Å²) < 4.78 is 14.8. The molecule has 0 radical (unpaired) electrons. The van der Waals surface area contributed by atoms with Crippen molar-refractivity contribution in [1.82, 2.24) is 9.55 Å². The smallest absolute Gasteiger partial charge is 0.128 e. The van der Waals surface area contributed by atoms with Gasteiger partial charge in [-0.05, 0) is 24.6 Å². The Kier molecular flexibility index (Phi) is 2.52. The number of rotatable bonds is 2. The van der Waals surface area contributed by atoms with E-state index >= 15 is 0 Å². The van der Waals surface area contributed by atoms with Crippen LogP contribution in [0.25, 0.3) is 0 Å². The molecule has 1 heterocycles. The van der Waals surface area contributed by atoms with E-state index in [0.29, 0.717) is 11.3 Å².